The lowest BCUT2D eigenvalue weighted by molar-refractivity contribution is -0.132. The number of carbonyl (C=O) groups excluding carboxylic acids is 1. The number of carbonyl (C=O) groups is 1. The van der Waals surface area contributed by atoms with E-state index in [1.807, 2.05) is 18.7 Å². The van der Waals surface area contributed by atoms with Gasteiger partial charge in [-0.3, -0.25) is 9.69 Å². The molecule has 1 saturated heterocycles. The molecule has 1 aromatic rings. The molecule has 0 aliphatic carbocycles. The zero-order valence-electron chi connectivity index (χ0n) is 17.2. The lowest BCUT2D eigenvalue weighted by Crippen LogP contribution is -2.42. The molecule has 0 bridgehead atoms. The SMILES string of the molecule is CCN(CC)C(=O)CN1CCCN(S(=O)(=O)c2cc(OC)ccc2OC)CC1. The molecule has 0 aromatic heterocycles. The van der Waals surface area contributed by atoms with Gasteiger partial charge in [0.25, 0.3) is 0 Å². The van der Waals surface area contributed by atoms with Crippen LogP contribution in [0.4, 0.5) is 0 Å². The molecule has 9 heteroatoms. The summed E-state index contributed by atoms with van der Waals surface area (Å²) < 4.78 is 38.3. The topological polar surface area (TPSA) is 79.4 Å². The quantitative estimate of drug-likeness (QED) is 0.639. The summed E-state index contributed by atoms with van der Waals surface area (Å²) in [6.07, 6.45) is 0.664. The lowest BCUT2D eigenvalue weighted by Gasteiger charge is -2.25. The Bertz CT molecular complexity index is 765. The molecule has 158 valence electrons. The molecule has 2 rings (SSSR count). The first-order valence-electron chi connectivity index (χ1n) is 9.59. The summed E-state index contributed by atoms with van der Waals surface area (Å²) in [4.78, 5) is 16.3. The van der Waals surface area contributed by atoms with Crippen LogP contribution in [-0.4, -0.2) is 88.5 Å². The first kappa shape index (κ1) is 22.4. The van der Waals surface area contributed by atoms with E-state index in [1.54, 1.807) is 17.0 Å². The summed E-state index contributed by atoms with van der Waals surface area (Å²) in [6, 6.07) is 4.75. The third-order valence-electron chi connectivity index (χ3n) is 5.01. The van der Waals surface area contributed by atoms with Crippen LogP contribution in [0.1, 0.15) is 20.3 Å². The largest absolute Gasteiger partial charge is 0.497 e. The number of methoxy groups -OCH3 is 2. The number of sulfonamides is 1. The number of hydrogen-bond acceptors (Lipinski definition) is 6. The Hall–Kier alpha value is -1.84. The zero-order valence-corrected chi connectivity index (χ0v) is 18.0. The number of rotatable bonds is 8. The predicted molar refractivity (Wildman–Crippen MR) is 107 cm³/mol. The van der Waals surface area contributed by atoms with Gasteiger partial charge in [0.1, 0.15) is 16.4 Å². The minimum atomic E-state index is -3.73. The number of benzene rings is 1. The van der Waals surface area contributed by atoms with Gasteiger partial charge in [0.2, 0.25) is 15.9 Å². The van der Waals surface area contributed by atoms with Crippen LogP contribution in [0.15, 0.2) is 23.1 Å². The monoisotopic (exact) mass is 413 g/mol. The van der Waals surface area contributed by atoms with Crippen molar-refractivity contribution in [2.75, 3.05) is 60.0 Å². The van der Waals surface area contributed by atoms with Gasteiger partial charge in [0, 0.05) is 38.8 Å². The van der Waals surface area contributed by atoms with E-state index in [1.165, 1.54) is 24.6 Å². The van der Waals surface area contributed by atoms with Crippen LogP contribution >= 0.6 is 0 Å². The molecule has 0 N–H and O–H groups in total. The number of amides is 1. The van der Waals surface area contributed by atoms with E-state index in [4.69, 9.17) is 9.47 Å². The van der Waals surface area contributed by atoms with E-state index in [-0.39, 0.29) is 10.8 Å². The molecule has 0 unspecified atom stereocenters. The molecule has 8 nitrogen and oxygen atoms in total. The van der Waals surface area contributed by atoms with Crippen molar-refractivity contribution in [3.63, 3.8) is 0 Å². The number of nitrogens with zero attached hydrogens (tertiary/aromatic N) is 3. The standard InChI is InChI=1S/C19H31N3O5S/c1-5-21(6-2)19(23)15-20-10-7-11-22(13-12-20)28(24,25)18-14-16(26-3)8-9-17(18)27-4/h8-9,14H,5-7,10-13,15H2,1-4H3. The number of hydrogen-bond donors (Lipinski definition) is 0. The minimum Gasteiger partial charge on any atom is -0.497 e. The highest BCUT2D eigenvalue weighted by Gasteiger charge is 2.30. The zero-order chi connectivity index (χ0) is 20.7. The molecule has 1 heterocycles. The maximum atomic E-state index is 13.2. The van der Waals surface area contributed by atoms with Gasteiger partial charge in [-0.05, 0) is 38.9 Å². The van der Waals surface area contributed by atoms with E-state index < -0.39 is 10.0 Å². The average Bonchev–Trinajstić information content (AvgIpc) is 2.94. The maximum absolute atomic E-state index is 13.2. The molecule has 0 saturated carbocycles. The van der Waals surface area contributed by atoms with E-state index in [0.717, 1.165) is 0 Å². The fraction of sp³-hybridized carbons (Fsp3) is 0.632. The third-order valence-corrected chi connectivity index (χ3v) is 6.93. The Kier molecular flexibility index (Phi) is 8.09. The normalized spacial score (nSPS) is 16.4. The van der Waals surface area contributed by atoms with Gasteiger partial charge in [0.15, 0.2) is 0 Å². The van der Waals surface area contributed by atoms with Crippen molar-refractivity contribution >= 4 is 15.9 Å². The van der Waals surface area contributed by atoms with Crippen molar-refractivity contribution in [1.29, 1.82) is 0 Å². The summed E-state index contributed by atoms with van der Waals surface area (Å²) in [5.74, 6) is 0.829. The van der Waals surface area contributed by atoms with E-state index in [2.05, 4.69) is 0 Å². The smallest absolute Gasteiger partial charge is 0.246 e. The molecule has 1 aliphatic heterocycles. The Labute approximate surface area is 168 Å². The van der Waals surface area contributed by atoms with Crippen molar-refractivity contribution in [3.8, 4) is 11.5 Å². The highest BCUT2D eigenvalue weighted by atomic mass is 32.2. The minimum absolute atomic E-state index is 0.0794. The highest BCUT2D eigenvalue weighted by molar-refractivity contribution is 7.89. The van der Waals surface area contributed by atoms with Crippen LogP contribution < -0.4 is 9.47 Å². The average molecular weight is 414 g/mol. The first-order valence-corrected chi connectivity index (χ1v) is 11.0. The Morgan fingerprint density at radius 3 is 2.39 bits per heavy atom. The molecule has 0 radical (unpaired) electrons. The fourth-order valence-corrected chi connectivity index (χ4v) is 4.98. The lowest BCUT2D eigenvalue weighted by atomic mass is 10.3. The Morgan fingerprint density at radius 1 is 1.07 bits per heavy atom. The van der Waals surface area contributed by atoms with Crippen LogP contribution in [0.3, 0.4) is 0 Å². The Balaban J connectivity index is 2.14. The van der Waals surface area contributed by atoms with Crippen LogP contribution in [0.5, 0.6) is 11.5 Å². The van der Waals surface area contributed by atoms with Gasteiger partial charge in [-0.15, -0.1) is 0 Å². The summed E-state index contributed by atoms with van der Waals surface area (Å²) in [5.41, 5.74) is 0. The summed E-state index contributed by atoms with van der Waals surface area (Å²) >= 11 is 0. The van der Waals surface area contributed by atoms with Gasteiger partial charge >= 0.3 is 0 Å². The molecule has 1 aliphatic rings. The van der Waals surface area contributed by atoms with Crippen molar-refractivity contribution in [2.45, 2.75) is 25.2 Å². The second kappa shape index (κ2) is 10.1. The van der Waals surface area contributed by atoms with Gasteiger partial charge in [-0.1, -0.05) is 0 Å². The summed E-state index contributed by atoms with van der Waals surface area (Å²) in [7, 11) is -0.789. The second-order valence-electron chi connectivity index (χ2n) is 6.62. The molecular formula is C19H31N3O5S. The molecule has 28 heavy (non-hydrogen) atoms. The van der Waals surface area contributed by atoms with Gasteiger partial charge < -0.3 is 14.4 Å². The van der Waals surface area contributed by atoms with Crippen molar-refractivity contribution in [1.82, 2.24) is 14.1 Å². The predicted octanol–water partition coefficient (Wildman–Crippen LogP) is 1.27. The van der Waals surface area contributed by atoms with Gasteiger partial charge in [-0.2, -0.15) is 4.31 Å². The summed E-state index contributed by atoms with van der Waals surface area (Å²) in [6.45, 7) is 7.52. The number of ether oxygens (including phenoxy) is 2. The van der Waals surface area contributed by atoms with Gasteiger partial charge in [0.05, 0.1) is 20.8 Å². The molecule has 1 amide bonds. The van der Waals surface area contributed by atoms with E-state index >= 15 is 0 Å². The van der Waals surface area contributed by atoms with Gasteiger partial charge in [-0.25, -0.2) is 8.42 Å². The molecule has 0 atom stereocenters. The maximum Gasteiger partial charge on any atom is 0.246 e. The molecule has 0 spiro atoms. The van der Waals surface area contributed by atoms with E-state index in [0.29, 0.717) is 63.7 Å². The number of likely N-dealkylation sites (N-methyl/N-ethyl adjacent to an activating group) is 1. The molecule has 1 fully saturated rings. The molecule has 1 aromatic carbocycles. The highest BCUT2D eigenvalue weighted by Crippen LogP contribution is 2.31. The summed E-state index contributed by atoms with van der Waals surface area (Å²) in [5, 5.41) is 0. The second-order valence-corrected chi connectivity index (χ2v) is 8.52. The van der Waals surface area contributed by atoms with Crippen molar-refractivity contribution in [3.05, 3.63) is 18.2 Å². The molecular weight excluding hydrogens is 382 g/mol. The third kappa shape index (κ3) is 5.15. The fourth-order valence-electron chi connectivity index (χ4n) is 3.34. The van der Waals surface area contributed by atoms with Crippen LogP contribution in [0, 0.1) is 0 Å². The first-order chi connectivity index (χ1) is 13.4. The van der Waals surface area contributed by atoms with Crippen LogP contribution in [-0.2, 0) is 14.8 Å². The van der Waals surface area contributed by atoms with Crippen LogP contribution in [0.2, 0.25) is 0 Å². The van der Waals surface area contributed by atoms with Crippen LogP contribution in [0.25, 0.3) is 0 Å². The van der Waals surface area contributed by atoms with Crippen molar-refractivity contribution in [2.24, 2.45) is 0 Å². The van der Waals surface area contributed by atoms with E-state index in [9.17, 15) is 13.2 Å². The van der Waals surface area contributed by atoms with Crippen molar-refractivity contribution < 1.29 is 22.7 Å². The Morgan fingerprint density at radius 2 is 1.79 bits per heavy atom.